The second-order valence-corrected chi connectivity index (χ2v) is 5.01. The topological polar surface area (TPSA) is 29.1 Å². The minimum atomic E-state index is -0.471. The summed E-state index contributed by atoms with van der Waals surface area (Å²) < 4.78 is 13.6. The van der Waals surface area contributed by atoms with Crippen molar-refractivity contribution in [1.29, 1.82) is 0 Å². The highest BCUT2D eigenvalue weighted by molar-refractivity contribution is 6.30. The lowest BCUT2D eigenvalue weighted by molar-refractivity contribution is -0.122. The molecule has 4 heteroatoms. The van der Waals surface area contributed by atoms with E-state index in [1.807, 2.05) is 6.92 Å². The zero-order chi connectivity index (χ0) is 12.4. The molecule has 0 saturated carbocycles. The first kappa shape index (κ1) is 12.5. The van der Waals surface area contributed by atoms with Crippen LogP contribution in [0.1, 0.15) is 12.5 Å². The number of hydrogen-bond acceptors (Lipinski definition) is 2. The predicted molar refractivity (Wildman–Crippen MR) is 65.6 cm³/mol. The molecule has 0 aliphatic carbocycles. The number of hydrogen-bond donors (Lipinski definition) is 1. The summed E-state index contributed by atoms with van der Waals surface area (Å²) in [6, 6.07) is 4.78. The van der Waals surface area contributed by atoms with Crippen LogP contribution in [0.15, 0.2) is 18.2 Å². The van der Waals surface area contributed by atoms with Crippen LogP contribution in [0.4, 0.5) is 4.39 Å². The molecule has 17 heavy (non-hydrogen) atoms. The van der Waals surface area contributed by atoms with Gasteiger partial charge in [-0.3, -0.25) is 4.79 Å². The van der Waals surface area contributed by atoms with E-state index in [-0.39, 0.29) is 23.1 Å². The minimum Gasteiger partial charge on any atom is -0.316 e. The molecule has 0 aromatic heterocycles. The van der Waals surface area contributed by atoms with Crippen molar-refractivity contribution in [3.63, 3.8) is 0 Å². The first-order valence-corrected chi connectivity index (χ1v) is 6.13. The Labute approximate surface area is 105 Å². The van der Waals surface area contributed by atoms with Crippen LogP contribution in [0.5, 0.6) is 0 Å². The zero-order valence-electron chi connectivity index (χ0n) is 9.67. The summed E-state index contributed by atoms with van der Waals surface area (Å²) in [6.07, 6.45) is 0.128. The van der Waals surface area contributed by atoms with Gasteiger partial charge in [0.2, 0.25) is 0 Å². The van der Waals surface area contributed by atoms with E-state index in [1.54, 1.807) is 12.1 Å². The average Bonchev–Trinajstić information content (AvgIpc) is 2.71. The van der Waals surface area contributed by atoms with Crippen molar-refractivity contribution >= 4 is 17.4 Å². The standard InChI is InChI=1S/C13H15ClFNO/c1-8-6-16-7-10(8)12(17)5-9-3-2-4-11(14)13(9)15/h2-4,8,10,16H,5-7H2,1H3. The Hall–Kier alpha value is -0.930. The molecule has 2 atom stereocenters. The molecule has 1 N–H and O–H groups in total. The summed E-state index contributed by atoms with van der Waals surface area (Å²) in [5.74, 6) is -0.0667. The Bertz CT molecular complexity index is 435. The lowest BCUT2D eigenvalue weighted by atomic mass is 9.90. The van der Waals surface area contributed by atoms with Gasteiger partial charge in [0.1, 0.15) is 11.6 Å². The molecule has 0 bridgehead atoms. The van der Waals surface area contributed by atoms with Gasteiger partial charge in [0.15, 0.2) is 0 Å². The third-order valence-corrected chi connectivity index (χ3v) is 3.62. The monoisotopic (exact) mass is 255 g/mol. The summed E-state index contributed by atoms with van der Waals surface area (Å²) in [5, 5.41) is 3.25. The van der Waals surface area contributed by atoms with E-state index in [0.717, 1.165) is 6.54 Å². The number of nitrogens with one attached hydrogen (secondary N) is 1. The molecule has 2 rings (SSSR count). The van der Waals surface area contributed by atoms with Crippen molar-refractivity contribution in [2.75, 3.05) is 13.1 Å². The molecule has 2 unspecified atom stereocenters. The van der Waals surface area contributed by atoms with Crippen LogP contribution in [-0.2, 0) is 11.2 Å². The molecule has 1 saturated heterocycles. The Balaban J connectivity index is 2.10. The van der Waals surface area contributed by atoms with Gasteiger partial charge in [0.05, 0.1) is 5.02 Å². The molecule has 92 valence electrons. The van der Waals surface area contributed by atoms with E-state index in [2.05, 4.69) is 5.32 Å². The van der Waals surface area contributed by atoms with Gasteiger partial charge in [-0.2, -0.15) is 0 Å². The zero-order valence-corrected chi connectivity index (χ0v) is 10.4. The minimum absolute atomic E-state index is 0.00613. The highest BCUT2D eigenvalue weighted by Gasteiger charge is 2.29. The first-order chi connectivity index (χ1) is 8.09. The van der Waals surface area contributed by atoms with Gasteiger partial charge in [-0.15, -0.1) is 0 Å². The highest BCUT2D eigenvalue weighted by atomic mass is 35.5. The van der Waals surface area contributed by atoms with Crippen LogP contribution in [-0.4, -0.2) is 18.9 Å². The molecule has 1 fully saturated rings. The smallest absolute Gasteiger partial charge is 0.145 e. The number of carbonyl (C=O) groups excluding carboxylic acids is 1. The number of halogens is 2. The Morgan fingerprint density at radius 2 is 2.29 bits per heavy atom. The summed E-state index contributed by atoms with van der Waals surface area (Å²) >= 11 is 5.69. The van der Waals surface area contributed by atoms with Crippen LogP contribution in [0.2, 0.25) is 5.02 Å². The quantitative estimate of drug-likeness (QED) is 0.899. The van der Waals surface area contributed by atoms with Crippen molar-refractivity contribution < 1.29 is 9.18 Å². The molecule has 1 aromatic rings. The second kappa shape index (κ2) is 5.15. The van der Waals surface area contributed by atoms with E-state index in [1.165, 1.54) is 6.07 Å². The van der Waals surface area contributed by atoms with E-state index in [0.29, 0.717) is 18.0 Å². The normalized spacial score (nSPS) is 23.9. The number of carbonyl (C=O) groups is 1. The first-order valence-electron chi connectivity index (χ1n) is 5.76. The van der Waals surface area contributed by atoms with E-state index in [9.17, 15) is 9.18 Å². The molecule has 0 amide bonds. The van der Waals surface area contributed by atoms with Gasteiger partial charge in [0, 0.05) is 18.9 Å². The lowest BCUT2D eigenvalue weighted by Crippen LogP contribution is -2.23. The second-order valence-electron chi connectivity index (χ2n) is 4.60. The SMILES string of the molecule is CC1CNCC1C(=O)Cc1cccc(Cl)c1F. The Morgan fingerprint density at radius 1 is 1.53 bits per heavy atom. The summed E-state index contributed by atoms with van der Waals surface area (Å²) in [5.41, 5.74) is 0.390. The van der Waals surface area contributed by atoms with Gasteiger partial charge in [-0.05, 0) is 24.1 Å². The van der Waals surface area contributed by atoms with Crippen LogP contribution >= 0.6 is 11.6 Å². The number of rotatable bonds is 3. The summed E-state index contributed by atoms with van der Waals surface area (Å²) in [6.45, 7) is 3.59. The van der Waals surface area contributed by atoms with Crippen LogP contribution in [0.3, 0.4) is 0 Å². The lowest BCUT2D eigenvalue weighted by Gasteiger charge is -2.13. The van der Waals surface area contributed by atoms with Gasteiger partial charge >= 0.3 is 0 Å². The van der Waals surface area contributed by atoms with Crippen molar-refractivity contribution in [3.05, 3.63) is 34.6 Å². The van der Waals surface area contributed by atoms with Gasteiger partial charge < -0.3 is 5.32 Å². The molecule has 2 nitrogen and oxygen atoms in total. The van der Waals surface area contributed by atoms with Crippen LogP contribution < -0.4 is 5.32 Å². The maximum atomic E-state index is 13.6. The van der Waals surface area contributed by atoms with Crippen LogP contribution in [0.25, 0.3) is 0 Å². The fraction of sp³-hybridized carbons (Fsp3) is 0.462. The third kappa shape index (κ3) is 2.67. The van der Waals surface area contributed by atoms with Crippen molar-refractivity contribution in [3.8, 4) is 0 Å². The predicted octanol–water partition coefficient (Wildman–Crippen LogP) is 2.45. The van der Waals surface area contributed by atoms with Crippen molar-refractivity contribution in [1.82, 2.24) is 5.32 Å². The molecule has 0 radical (unpaired) electrons. The van der Waals surface area contributed by atoms with E-state index < -0.39 is 5.82 Å². The fourth-order valence-corrected chi connectivity index (χ4v) is 2.44. The van der Waals surface area contributed by atoms with Gasteiger partial charge in [-0.1, -0.05) is 30.7 Å². The Morgan fingerprint density at radius 3 is 2.94 bits per heavy atom. The highest BCUT2D eigenvalue weighted by Crippen LogP contribution is 2.22. The number of ketones is 1. The number of Topliss-reactive ketones (excluding diaryl/α,β-unsaturated/α-hetero) is 1. The third-order valence-electron chi connectivity index (χ3n) is 3.33. The molecule has 1 aromatic carbocycles. The molecule has 0 spiro atoms. The molecular formula is C13H15ClFNO. The van der Waals surface area contributed by atoms with E-state index >= 15 is 0 Å². The van der Waals surface area contributed by atoms with Gasteiger partial charge in [-0.25, -0.2) is 4.39 Å². The summed E-state index contributed by atoms with van der Waals surface area (Å²) in [4.78, 5) is 12.0. The molecule has 1 heterocycles. The number of benzene rings is 1. The maximum Gasteiger partial charge on any atom is 0.145 e. The Kier molecular flexibility index (Phi) is 3.79. The largest absolute Gasteiger partial charge is 0.316 e. The molecule has 1 aliphatic heterocycles. The molecular weight excluding hydrogens is 241 g/mol. The van der Waals surface area contributed by atoms with E-state index in [4.69, 9.17) is 11.6 Å². The van der Waals surface area contributed by atoms with Crippen LogP contribution in [0, 0.1) is 17.7 Å². The molecule has 1 aliphatic rings. The maximum absolute atomic E-state index is 13.6. The van der Waals surface area contributed by atoms with Gasteiger partial charge in [0.25, 0.3) is 0 Å². The average molecular weight is 256 g/mol. The summed E-state index contributed by atoms with van der Waals surface area (Å²) in [7, 11) is 0. The fourth-order valence-electron chi connectivity index (χ4n) is 2.24. The van der Waals surface area contributed by atoms with Crippen molar-refractivity contribution in [2.24, 2.45) is 11.8 Å². The van der Waals surface area contributed by atoms with Crippen molar-refractivity contribution in [2.45, 2.75) is 13.3 Å².